The molecule has 2 rings (SSSR count). The third kappa shape index (κ3) is 3.94. The number of anilines is 1. The number of nitro groups is 1. The largest absolute Gasteiger partial charge is 0.388 e. The lowest BCUT2D eigenvalue weighted by molar-refractivity contribution is -0.385. The Kier molecular flexibility index (Phi) is 4.83. The Morgan fingerprint density at radius 3 is 2.67 bits per heavy atom. The maximum Gasteiger partial charge on any atom is 0.274 e. The molecule has 0 saturated heterocycles. The molecule has 1 saturated carbocycles. The molecule has 1 aromatic carbocycles. The summed E-state index contributed by atoms with van der Waals surface area (Å²) in [5, 5.41) is 24.7. The van der Waals surface area contributed by atoms with Gasteiger partial charge < -0.3 is 10.4 Å². The van der Waals surface area contributed by atoms with Crippen molar-refractivity contribution in [3.8, 4) is 0 Å². The first kappa shape index (κ1) is 15.8. The molecule has 0 bridgehead atoms. The second-order valence-electron chi connectivity index (χ2n) is 6.19. The Labute approximate surface area is 125 Å². The fraction of sp³-hybridized carbons (Fsp3) is 0.625. The van der Waals surface area contributed by atoms with Crippen LogP contribution in [0.4, 0.5) is 11.4 Å². The maximum absolute atomic E-state index is 10.9. The number of nitrogens with zero attached hydrogens (tertiary/aromatic N) is 1. The highest BCUT2D eigenvalue weighted by Gasteiger charge is 2.32. The van der Waals surface area contributed by atoms with Crippen molar-refractivity contribution in [1.29, 1.82) is 0 Å². The van der Waals surface area contributed by atoms with E-state index in [1.165, 1.54) is 12.5 Å². The van der Waals surface area contributed by atoms with Crippen molar-refractivity contribution in [2.24, 2.45) is 5.92 Å². The topological polar surface area (TPSA) is 75.4 Å². The highest BCUT2D eigenvalue weighted by Crippen LogP contribution is 2.34. The van der Waals surface area contributed by atoms with Crippen molar-refractivity contribution < 1.29 is 10.0 Å². The van der Waals surface area contributed by atoms with E-state index in [9.17, 15) is 15.2 Å². The quantitative estimate of drug-likeness (QED) is 0.641. The van der Waals surface area contributed by atoms with Gasteiger partial charge in [-0.15, -0.1) is 0 Å². The van der Waals surface area contributed by atoms with Gasteiger partial charge in [0.15, 0.2) is 0 Å². The number of benzene rings is 1. The SMILES string of the molecule is CCC1CCC(O)(CNc2ccc(C)c([N+](=O)[O-])c2)CC1. The van der Waals surface area contributed by atoms with Gasteiger partial charge in [-0.25, -0.2) is 0 Å². The van der Waals surface area contributed by atoms with Gasteiger partial charge in [-0.1, -0.05) is 19.4 Å². The molecule has 2 N–H and O–H groups in total. The highest BCUT2D eigenvalue weighted by atomic mass is 16.6. The molecule has 1 aliphatic carbocycles. The lowest BCUT2D eigenvalue weighted by Crippen LogP contribution is -2.40. The normalized spacial score (nSPS) is 25.6. The van der Waals surface area contributed by atoms with Gasteiger partial charge in [0, 0.05) is 23.9 Å². The number of aliphatic hydroxyl groups is 1. The molecule has 0 aromatic heterocycles. The van der Waals surface area contributed by atoms with Crippen LogP contribution < -0.4 is 5.32 Å². The molecule has 5 heteroatoms. The van der Waals surface area contributed by atoms with Crippen LogP contribution in [-0.2, 0) is 0 Å². The van der Waals surface area contributed by atoms with Crippen LogP contribution >= 0.6 is 0 Å². The Bertz CT molecular complexity index is 508. The Balaban J connectivity index is 1.97. The molecule has 0 aliphatic heterocycles. The molecular weight excluding hydrogens is 268 g/mol. The average molecular weight is 292 g/mol. The summed E-state index contributed by atoms with van der Waals surface area (Å²) in [6.45, 7) is 4.36. The van der Waals surface area contributed by atoms with Crippen molar-refractivity contribution in [2.45, 2.75) is 51.6 Å². The molecule has 0 unspecified atom stereocenters. The zero-order valence-corrected chi connectivity index (χ0v) is 12.8. The molecule has 0 amide bonds. The summed E-state index contributed by atoms with van der Waals surface area (Å²) in [7, 11) is 0. The first-order valence-electron chi connectivity index (χ1n) is 7.65. The third-order valence-electron chi connectivity index (χ3n) is 4.64. The summed E-state index contributed by atoms with van der Waals surface area (Å²) in [5.41, 5.74) is 0.762. The summed E-state index contributed by atoms with van der Waals surface area (Å²) in [5.74, 6) is 0.728. The molecular formula is C16H24N2O3. The van der Waals surface area contributed by atoms with Gasteiger partial charge in [0.05, 0.1) is 10.5 Å². The predicted molar refractivity (Wildman–Crippen MR) is 83.5 cm³/mol. The van der Waals surface area contributed by atoms with E-state index in [-0.39, 0.29) is 10.6 Å². The Hall–Kier alpha value is -1.62. The van der Waals surface area contributed by atoms with Gasteiger partial charge in [0.25, 0.3) is 5.69 Å². The first-order chi connectivity index (χ1) is 9.93. The van der Waals surface area contributed by atoms with Crippen molar-refractivity contribution in [1.82, 2.24) is 0 Å². The van der Waals surface area contributed by atoms with E-state index >= 15 is 0 Å². The summed E-state index contributed by atoms with van der Waals surface area (Å²) in [4.78, 5) is 10.6. The van der Waals surface area contributed by atoms with Gasteiger partial charge in [-0.2, -0.15) is 0 Å². The molecule has 0 atom stereocenters. The Morgan fingerprint density at radius 1 is 1.43 bits per heavy atom. The van der Waals surface area contributed by atoms with Gasteiger partial charge >= 0.3 is 0 Å². The zero-order chi connectivity index (χ0) is 15.5. The van der Waals surface area contributed by atoms with Gasteiger partial charge in [0.2, 0.25) is 0 Å². The smallest absolute Gasteiger partial charge is 0.274 e. The standard InChI is InChI=1S/C16H24N2O3/c1-3-13-6-8-16(19,9-7-13)11-17-14-5-4-12(2)15(10-14)18(20)21/h4-5,10,13,17,19H,3,6-9,11H2,1-2H3. The van der Waals surface area contributed by atoms with E-state index in [0.717, 1.165) is 31.6 Å². The number of nitrogens with one attached hydrogen (secondary N) is 1. The summed E-state index contributed by atoms with van der Waals surface area (Å²) >= 11 is 0. The van der Waals surface area contributed by atoms with Gasteiger partial charge in [-0.3, -0.25) is 10.1 Å². The summed E-state index contributed by atoms with van der Waals surface area (Å²) in [6.07, 6.45) is 4.89. The fourth-order valence-corrected chi connectivity index (χ4v) is 2.98. The number of hydrogen-bond donors (Lipinski definition) is 2. The van der Waals surface area contributed by atoms with Gasteiger partial charge in [-0.05, 0) is 44.6 Å². The molecule has 1 aromatic rings. The van der Waals surface area contributed by atoms with E-state index in [4.69, 9.17) is 0 Å². The number of nitro benzene ring substituents is 1. The van der Waals surface area contributed by atoms with Gasteiger partial charge in [0.1, 0.15) is 0 Å². The molecule has 116 valence electrons. The number of aryl methyl sites for hydroxylation is 1. The lowest BCUT2D eigenvalue weighted by Gasteiger charge is -2.36. The van der Waals surface area contributed by atoms with Crippen molar-refractivity contribution >= 4 is 11.4 Å². The van der Waals surface area contributed by atoms with E-state index in [2.05, 4.69) is 12.2 Å². The highest BCUT2D eigenvalue weighted by molar-refractivity contribution is 5.55. The van der Waals surface area contributed by atoms with Crippen LogP contribution in [0.15, 0.2) is 18.2 Å². The Morgan fingerprint density at radius 2 is 2.10 bits per heavy atom. The minimum Gasteiger partial charge on any atom is -0.388 e. The number of rotatable bonds is 5. The minimum atomic E-state index is -0.689. The van der Waals surface area contributed by atoms with Crippen LogP contribution in [0.2, 0.25) is 0 Å². The number of hydrogen-bond acceptors (Lipinski definition) is 4. The van der Waals surface area contributed by atoms with E-state index in [1.54, 1.807) is 13.0 Å². The summed E-state index contributed by atoms with van der Waals surface area (Å²) in [6, 6.07) is 5.10. The molecule has 0 heterocycles. The van der Waals surface area contributed by atoms with E-state index in [0.29, 0.717) is 17.8 Å². The van der Waals surface area contributed by atoms with Crippen LogP contribution in [0, 0.1) is 23.0 Å². The van der Waals surface area contributed by atoms with Crippen LogP contribution in [0.3, 0.4) is 0 Å². The van der Waals surface area contributed by atoms with Crippen molar-refractivity contribution in [3.05, 3.63) is 33.9 Å². The van der Waals surface area contributed by atoms with Crippen LogP contribution in [-0.4, -0.2) is 22.2 Å². The van der Waals surface area contributed by atoms with Crippen LogP contribution in [0.5, 0.6) is 0 Å². The lowest BCUT2D eigenvalue weighted by atomic mass is 9.78. The molecule has 0 radical (unpaired) electrons. The van der Waals surface area contributed by atoms with Crippen molar-refractivity contribution in [3.63, 3.8) is 0 Å². The van der Waals surface area contributed by atoms with Crippen molar-refractivity contribution in [2.75, 3.05) is 11.9 Å². The second kappa shape index (κ2) is 6.43. The van der Waals surface area contributed by atoms with Crippen LogP contribution in [0.1, 0.15) is 44.6 Å². The summed E-state index contributed by atoms with van der Waals surface area (Å²) < 4.78 is 0. The maximum atomic E-state index is 10.9. The second-order valence-corrected chi connectivity index (χ2v) is 6.19. The van der Waals surface area contributed by atoms with E-state index < -0.39 is 5.60 Å². The minimum absolute atomic E-state index is 0.113. The monoisotopic (exact) mass is 292 g/mol. The molecule has 21 heavy (non-hydrogen) atoms. The average Bonchev–Trinajstić information content (AvgIpc) is 2.47. The zero-order valence-electron chi connectivity index (χ0n) is 12.8. The molecule has 1 aliphatic rings. The predicted octanol–water partition coefficient (Wildman–Crippen LogP) is 3.65. The molecule has 5 nitrogen and oxygen atoms in total. The molecule has 0 spiro atoms. The van der Waals surface area contributed by atoms with E-state index in [1.807, 2.05) is 6.07 Å². The van der Waals surface area contributed by atoms with Crippen LogP contribution in [0.25, 0.3) is 0 Å². The first-order valence-corrected chi connectivity index (χ1v) is 7.65. The fourth-order valence-electron chi connectivity index (χ4n) is 2.98. The molecule has 1 fully saturated rings. The third-order valence-corrected chi connectivity index (χ3v) is 4.64.